The van der Waals surface area contributed by atoms with Gasteiger partial charge < -0.3 is 15.2 Å². The van der Waals surface area contributed by atoms with Crippen molar-refractivity contribution >= 4 is 5.91 Å². The minimum absolute atomic E-state index is 0.168. The van der Waals surface area contributed by atoms with Gasteiger partial charge in [-0.05, 0) is 17.7 Å². The first-order chi connectivity index (χ1) is 6.72. The van der Waals surface area contributed by atoms with Crippen molar-refractivity contribution < 1.29 is 14.3 Å². The van der Waals surface area contributed by atoms with Gasteiger partial charge in [-0.3, -0.25) is 4.79 Å². The van der Waals surface area contributed by atoms with E-state index < -0.39 is 12.0 Å². The number of benzene rings is 1. The zero-order chi connectivity index (χ0) is 10.1. The first-order valence-corrected chi connectivity index (χ1v) is 4.31. The van der Waals surface area contributed by atoms with E-state index in [-0.39, 0.29) is 6.10 Å². The quantitative estimate of drug-likeness (QED) is 0.715. The minimum atomic E-state index is -0.455. The zero-order valence-electron chi connectivity index (χ0n) is 7.77. The molecular formula is C10H11NO3. The monoisotopic (exact) mass is 193 g/mol. The summed E-state index contributed by atoms with van der Waals surface area (Å²) in [6, 6.07) is 7.39. The summed E-state index contributed by atoms with van der Waals surface area (Å²) in [5, 5.41) is 0. The van der Waals surface area contributed by atoms with Crippen LogP contribution in [-0.2, 0) is 9.53 Å². The van der Waals surface area contributed by atoms with Crippen molar-refractivity contribution in [2.75, 3.05) is 7.11 Å². The Bertz CT molecular complexity index is 347. The Kier molecular flexibility index (Phi) is 2.13. The topological polar surface area (TPSA) is 64.8 Å². The number of amides is 1. The van der Waals surface area contributed by atoms with Crippen LogP contribution in [0.5, 0.6) is 5.75 Å². The van der Waals surface area contributed by atoms with E-state index in [1.807, 2.05) is 24.3 Å². The number of nitrogens with two attached hydrogens (primary N) is 1. The molecule has 0 spiro atoms. The third-order valence-corrected chi connectivity index (χ3v) is 2.22. The number of hydrogen-bond acceptors (Lipinski definition) is 3. The van der Waals surface area contributed by atoms with Gasteiger partial charge in [0.05, 0.1) is 7.11 Å². The van der Waals surface area contributed by atoms with Gasteiger partial charge in [0.15, 0.2) is 6.10 Å². The SMILES string of the molecule is COc1ccc(C2OC2C(N)=O)cc1. The van der Waals surface area contributed by atoms with Crippen molar-refractivity contribution in [3.05, 3.63) is 29.8 Å². The standard InChI is InChI=1S/C10H11NO3/c1-13-7-4-2-6(3-5-7)8-9(14-8)10(11)12/h2-5,8-9H,1H3,(H2,11,12). The third-order valence-electron chi connectivity index (χ3n) is 2.22. The van der Waals surface area contributed by atoms with Gasteiger partial charge in [-0.1, -0.05) is 12.1 Å². The van der Waals surface area contributed by atoms with E-state index in [4.69, 9.17) is 15.2 Å². The van der Waals surface area contributed by atoms with Gasteiger partial charge in [-0.15, -0.1) is 0 Å². The van der Waals surface area contributed by atoms with Crippen LogP contribution in [0.3, 0.4) is 0 Å². The van der Waals surface area contributed by atoms with E-state index in [0.29, 0.717) is 0 Å². The van der Waals surface area contributed by atoms with Crippen LogP contribution in [0.25, 0.3) is 0 Å². The number of epoxide rings is 1. The number of primary amides is 1. The number of hydrogen-bond donors (Lipinski definition) is 1. The maximum absolute atomic E-state index is 10.7. The predicted molar refractivity (Wildman–Crippen MR) is 49.8 cm³/mol. The van der Waals surface area contributed by atoms with Crippen LogP contribution in [0.1, 0.15) is 11.7 Å². The third kappa shape index (κ3) is 1.56. The van der Waals surface area contributed by atoms with E-state index in [1.165, 1.54) is 0 Å². The molecule has 2 rings (SSSR count). The number of carbonyl (C=O) groups is 1. The molecule has 0 radical (unpaired) electrons. The molecule has 1 fully saturated rings. The largest absolute Gasteiger partial charge is 0.497 e. The second-order valence-electron chi connectivity index (χ2n) is 3.15. The van der Waals surface area contributed by atoms with E-state index >= 15 is 0 Å². The maximum atomic E-state index is 10.7. The predicted octanol–water partition coefficient (Wildman–Crippen LogP) is 0.620. The van der Waals surface area contributed by atoms with Crippen LogP contribution in [0.4, 0.5) is 0 Å². The van der Waals surface area contributed by atoms with Crippen molar-refractivity contribution in [3.8, 4) is 5.75 Å². The first-order valence-electron chi connectivity index (χ1n) is 4.31. The van der Waals surface area contributed by atoms with Gasteiger partial charge in [0.25, 0.3) is 0 Å². The lowest BCUT2D eigenvalue weighted by Gasteiger charge is -1.99. The number of methoxy groups -OCH3 is 1. The fourth-order valence-corrected chi connectivity index (χ4v) is 1.38. The number of carbonyl (C=O) groups excluding carboxylic acids is 1. The summed E-state index contributed by atoms with van der Waals surface area (Å²) < 4.78 is 10.1. The normalized spacial score (nSPS) is 24.4. The van der Waals surface area contributed by atoms with E-state index in [1.54, 1.807) is 7.11 Å². The Hall–Kier alpha value is -1.55. The van der Waals surface area contributed by atoms with Crippen LogP contribution in [0, 0.1) is 0 Å². The molecule has 2 N–H and O–H groups in total. The van der Waals surface area contributed by atoms with Gasteiger partial charge in [0.2, 0.25) is 5.91 Å². The Morgan fingerprint density at radius 2 is 2.07 bits per heavy atom. The molecule has 1 heterocycles. The van der Waals surface area contributed by atoms with Crippen LogP contribution < -0.4 is 10.5 Å². The maximum Gasteiger partial charge on any atom is 0.249 e. The summed E-state index contributed by atoms with van der Waals surface area (Å²) in [5.74, 6) is 0.371. The fourth-order valence-electron chi connectivity index (χ4n) is 1.38. The summed E-state index contributed by atoms with van der Waals surface area (Å²) in [6.45, 7) is 0. The Morgan fingerprint density at radius 1 is 1.43 bits per heavy atom. The second kappa shape index (κ2) is 3.31. The molecule has 1 aromatic carbocycles. The molecule has 4 nitrogen and oxygen atoms in total. The van der Waals surface area contributed by atoms with E-state index in [0.717, 1.165) is 11.3 Å². The van der Waals surface area contributed by atoms with Crippen LogP contribution >= 0.6 is 0 Å². The van der Waals surface area contributed by atoms with Crippen LogP contribution in [-0.4, -0.2) is 19.1 Å². The van der Waals surface area contributed by atoms with Crippen LogP contribution in [0.2, 0.25) is 0 Å². The van der Waals surface area contributed by atoms with Crippen molar-refractivity contribution in [1.82, 2.24) is 0 Å². The molecule has 1 aromatic rings. The molecule has 74 valence electrons. The minimum Gasteiger partial charge on any atom is -0.497 e. The Morgan fingerprint density at radius 3 is 2.50 bits per heavy atom. The lowest BCUT2D eigenvalue weighted by molar-refractivity contribution is -0.119. The van der Waals surface area contributed by atoms with Gasteiger partial charge in [0.1, 0.15) is 11.9 Å². The van der Waals surface area contributed by atoms with Gasteiger partial charge in [0, 0.05) is 0 Å². The van der Waals surface area contributed by atoms with Gasteiger partial charge in [-0.25, -0.2) is 0 Å². The summed E-state index contributed by atoms with van der Waals surface area (Å²) in [5.41, 5.74) is 6.05. The average Bonchev–Trinajstić information content (AvgIpc) is 2.97. The zero-order valence-corrected chi connectivity index (χ0v) is 7.77. The first kappa shape index (κ1) is 9.02. The molecule has 2 atom stereocenters. The molecule has 0 saturated carbocycles. The van der Waals surface area contributed by atoms with Gasteiger partial charge in [-0.2, -0.15) is 0 Å². The highest BCUT2D eigenvalue weighted by Gasteiger charge is 2.44. The molecule has 2 unspecified atom stereocenters. The molecule has 4 heteroatoms. The smallest absolute Gasteiger partial charge is 0.249 e. The summed E-state index contributed by atoms with van der Waals surface area (Å²) in [7, 11) is 1.61. The summed E-state index contributed by atoms with van der Waals surface area (Å²) >= 11 is 0. The summed E-state index contributed by atoms with van der Waals surface area (Å²) in [4.78, 5) is 10.7. The fraction of sp³-hybridized carbons (Fsp3) is 0.300. The lowest BCUT2D eigenvalue weighted by Crippen LogP contribution is -2.18. The molecule has 14 heavy (non-hydrogen) atoms. The molecule has 0 aromatic heterocycles. The highest BCUT2D eigenvalue weighted by molar-refractivity contribution is 5.82. The van der Waals surface area contributed by atoms with E-state index in [2.05, 4.69) is 0 Å². The average molecular weight is 193 g/mol. The molecule has 1 amide bonds. The highest BCUT2D eigenvalue weighted by atomic mass is 16.6. The highest BCUT2D eigenvalue weighted by Crippen LogP contribution is 2.38. The summed E-state index contributed by atoms with van der Waals surface area (Å²) in [6.07, 6.45) is -0.623. The number of rotatable bonds is 3. The van der Waals surface area contributed by atoms with Gasteiger partial charge >= 0.3 is 0 Å². The van der Waals surface area contributed by atoms with Crippen molar-refractivity contribution in [1.29, 1.82) is 0 Å². The van der Waals surface area contributed by atoms with Crippen molar-refractivity contribution in [2.45, 2.75) is 12.2 Å². The second-order valence-corrected chi connectivity index (χ2v) is 3.15. The molecule has 1 aliphatic heterocycles. The Labute approximate surface area is 81.6 Å². The molecule has 1 aliphatic rings. The molecular weight excluding hydrogens is 182 g/mol. The van der Waals surface area contributed by atoms with Crippen molar-refractivity contribution in [2.24, 2.45) is 5.73 Å². The van der Waals surface area contributed by atoms with Crippen LogP contribution in [0.15, 0.2) is 24.3 Å². The van der Waals surface area contributed by atoms with E-state index in [9.17, 15) is 4.79 Å². The molecule has 0 bridgehead atoms. The molecule has 1 saturated heterocycles. The molecule has 0 aliphatic carbocycles. The number of ether oxygens (including phenoxy) is 2. The Balaban J connectivity index is 2.08. The lowest BCUT2D eigenvalue weighted by atomic mass is 10.1. The van der Waals surface area contributed by atoms with Crippen molar-refractivity contribution in [3.63, 3.8) is 0 Å².